The number of rotatable bonds is 6. The standard InChI is InChI=1S/C23H19FN4O2S/c24-16-6-4-14(5-7-16)20-12-28-19(13-31-23(28)27-20)11-21(29)25-18-3-1-2-15(10-18)22(30)26-17-8-9-17/h1-7,10,12-13,17H,8-9,11H2,(H,25,29)(H,26,30). The Kier molecular flexibility index (Phi) is 4.99. The number of hydrogen-bond acceptors (Lipinski definition) is 4. The third-order valence-corrected chi connectivity index (χ3v) is 5.97. The molecule has 2 aromatic carbocycles. The summed E-state index contributed by atoms with van der Waals surface area (Å²) in [6.07, 6.45) is 4.06. The van der Waals surface area contributed by atoms with Crippen molar-refractivity contribution in [1.82, 2.24) is 14.7 Å². The summed E-state index contributed by atoms with van der Waals surface area (Å²) < 4.78 is 15.0. The topological polar surface area (TPSA) is 75.5 Å². The molecular formula is C23H19FN4O2S. The number of halogens is 1. The highest BCUT2D eigenvalue weighted by Crippen LogP contribution is 2.24. The molecule has 1 aliphatic rings. The number of carbonyl (C=O) groups excluding carboxylic acids is 2. The summed E-state index contributed by atoms with van der Waals surface area (Å²) in [5.41, 5.74) is 3.46. The van der Waals surface area contributed by atoms with E-state index in [1.165, 1.54) is 23.5 Å². The van der Waals surface area contributed by atoms with Crippen LogP contribution in [-0.4, -0.2) is 27.2 Å². The fourth-order valence-electron chi connectivity index (χ4n) is 3.32. The highest BCUT2D eigenvalue weighted by Gasteiger charge is 2.23. The van der Waals surface area contributed by atoms with Gasteiger partial charge in [0, 0.05) is 40.1 Å². The molecule has 1 fully saturated rings. The molecule has 0 unspecified atom stereocenters. The maximum Gasteiger partial charge on any atom is 0.251 e. The van der Waals surface area contributed by atoms with Crippen LogP contribution in [-0.2, 0) is 11.2 Å². The van der Waals surface area contributed by atoms with Gasteiger partial charge in [0.25, 0.3) is 5.91 Å². The van der Waals surface area contributed by atoms with E-state index < -0.39 is 0 Å². The SMILES string of the molecule is O=C(Cc1csc2nc(-c3ccc(F)cc3)cn12)Nc1cccc(C(=O)NC2CC2)c1. The van der Waals surface area contributed by atoms with Gasteiger partial charge in [-0.05, 0) is 55.3 Å². The number of nitrogens with zero attached hydrogens (tertiary/aromatic N) is 2. The summed E-state index contributed by atoms with van der Waals surface area (Å²) in [6, 6.07) is 13.4. The fraction of sp³-hybridized carbons (Fsp3) is 0.174. The number of benzene rings is 2. The Morgan fingerprint density at radius 2 is 1.97 bits per heavy atom. The maximum atomic E-state index is 13.2. The smallest absolute Gasteiger partial charge is 0.251 e. The van der Waals surface area contributed by atoms with Gasteiger partial charge in [-0.15, -0.1) is 11.3 Å². The molecule has 1 saturated carbocycles. The molecule has 5 rings (SSSR count). The van der Waals surface area contributed by atoms with Crippen molar-refractivity contribution >= 4 is 33.8 Å². The zero-order valence-electron chi connectivity index (χ0n) is 16.5. The highest BCUT2D eigenvalue weighted by atomic mass is 32.1. The number of aromatic nitrogens is 2. The second-order valence-corrected chi connectivity index (χ2v) is 8.40. The average molecular weight is 434 g/mol. The van der Waals surface area contributed by atoms with Crippen LogP contribution in [0.15, 0.2) is 60.1 Å². The zero-order chi connectivity index (χ0) is 21.4. The van der Waals surface area contributed by atoms with Crippen molar-refractivity contribution in [1.29, 1.82) is 0 Å². The molecule has 0 atom stereocenters. The van der Waals surface area contributed by atoms with Gasteiger partial charge in [0.2, 0.25) is 5.91 Å². The first-order valence-corrected chi connectivity index (χ1v) is 10.9. The molecule has 2 heterocycles. The fourth-order valence-corrected chi connectivity index (χ4v) is 4.19. The molecule has 2 N–H and O–H groups in total. The van der Waals surface area contributed by atoms with Crippen LogP contribution in [0.2, 0.25) is 0 Å². The first-order valence-electron chi connectivity index (χ1n) is 9.97. The molecule has 1 aliphatic carbocycles. The van der Waals surface area contributed by atoms with Gasteiger partial charge < -0.3 is 10.6 Å². The number of thiazole rings is 1. The van der Waals surface area contributed by atoms with Crippen molar-refractivity contribution in [3.05, 3.63) is 77.2 Å². The van der Waals surface area contributed by atoms with Gasteiger partial charge in [0.1, 0.15) is 5.82 Å². The summed E-state index contributed by atoms with van der Waals surface area (Å²) in [4.78, 5) is 30.2. The van der Waals surface area contributed by atoms with Crippen molar-refractivity contribution in [2.24, 2.45) is 0 Å². The van der Waals surface area contributed by atoms with Crippen LogP contribution in [0.4, 0.5) is 10.1 Å². The maximum absolute atomic E-state index is 13.2. The lowest BCUT2D eigenvalue weighted by Gasteiger charge is -2.08. The third kappa shape index (κ3) is 4.34. The Morgan fingerprint density at radius 1 is 1.16 bits per heavy atom. The minimum absolute atomic E-state index is 0.120. The van der Waals surface area contributed by atoms with Crippen LogP contribution in [0.5, 0.6) is 0 Å². The Bertz CT molecular complexity index is 1270. The molecule has 2 amide bonds. The lowest BCUT2D eigenvalue weighted by molar-refractivity contribution is -0.115. The Morgan fingerprint density at radius 3 is 2.74 bits per heavy atom. The molecule has 31 heavy (non-hydrogen) atoms. The van der Waals surface area contributed by atoms with Crippen LogP contribution in [0.3, 0.4) is 0 Å². The van der Waals surface area contributed by atoms with Crippen molar-refractivity contribution in [2.45, 2.75) is 25.3 Å². The van der Waals surface area contributed by atoms with Crippen molar-refractivity contribution in [2.75, 3.05) is 5.32 Å². The summed E-state index contributed by atoms with van der Waals surface area (Å²) in [5.74, 6) is -0.599. The van der Waals surface area contributed by atoms with E-state index in [-0.39, 0.29) is 30.1 Å². The third-order valence-electron chi connectivity index (χ3n) is 5.09. The number of fused-ring (bicyclic) bond motifs is 1. The van der Waals surface area contributed by atoms with Gasteiger partial charge >= 0.3 is 0 Å². The molecule has 156 valence electrons. The number of anilines is 1. The lowest BCUT2D eigenvalue weighted by Crippen LogP contribution is -2.25. The average Bonchev–Trinajstić information content (AvgIpc) is 3.35. The second kappa shape index (κ2) is 7.96. The van der Waals surface area contributed by atoms with E-state index >= 15 is 0 Å². The predicted octanol–water partition coefficient (Wildman–Crippen LogP) is 4.28. The number of imidazole rings is 1. The molecule has 0 aliphatic heterocycles. The molecule has 8 heteroatoms. The molecular weight excluding hydrogens is 415 g/mol. The van der Waals surface area contributed by atoms with E-state index in [0.717, 1.165) is 34.8 Å². The highest BCUT2D eigenvalue weighted by molar-refractivity contribution is 7.15. The first-order chi connectivity index (χ1) is 15.0. The zero-order valence-corrected chi connectivity index (χ0v) is 17.3. The lowest BCUT2D eigenvalue weighted by atomic mass is 10.1. The van der Waals surface area contributed by atoms with Gasteiger partial charge in [0.05, 0.1) is 12.1 Å². The monoisotopic (exact) mass is 434 g/mol. The largest absolute Gasteiger partial charge is 0.349 e. The van der Waals surface area contributed by atoms with Crippen molar-refractivity contribution < 1.29 is 14.0 Å². The molecule has 6 nitrogen and oxygen atoms in total. The van der Waals surface area contributed by atoms with Crippen molar-refractivity contribution in [3.8, 4) is 11.3 Å². The van der Waals surface area contributed by atoms with Crippen LogP contribution in [0.25, 0.3) is 16.2 Å². The minimum Gasteiger partial charge on any atom is -0.349 e. The van der Waals surface area contributed by atoms with Gasteiger partial charge in [0.15, 0.2) is 4.96 Å². The number of nitrogens with one attached hydrogen (secondary N) is 2. The summed E-state index contributed by atoms with van der Waals surface area (Å²) in [5, 5.41) is 7.71. The van der Waals surface area contributed by atoms with E-state index in [4.69, 9.17) is 0 Å². The summed E-state index contributed by atoms with van der Waals surface area (Å²) in [7, 11) is 0. The van der Waals surface area contributed by atoms with Gasteiger partial charge in [-0.3, -0.25) is 14.0 Å². The second-order valence-electron chi connectivity index (χ2n) is 7.57. The van der Waals surface area contributed by atoms with E-state index in [9.17, 15) is 14.0 Å². The van der Waals surface area contributed by atoms with Crippen LogP contribution >= 0.6 is 11.3 Å². The predicted molar refractivity (Wildman–Crippen MR) is 118 cm³/mol. The van der Waals surface area contributed by atoms with E-state index in [1.54, 1.807) is 36.4 Å². The minimum atomic E-state index is -0.295. The van der Waals surface area contributed by atoms with E-state index in [0.29, 0.717) is 11.3 Å². The molecule has 4 aromatic rings. The van der Waals surface area contributed by atoms with Crippen LogP contribution < -0.4 is 10.6 Å². The molecule has 0 spiro atoms. The Hall–Kier alpha value is -3.52. The normalized spacial score (nSPS) is 13.3. The van der Waals surface area contributed by atoms with E-state index in [2.05, 4.69) is 15.6 Å². The van der Waals surface area contributed by atoms with Crippen LogP contribution in [0.1, 0.15) is 28.9 Å². The first kappa shape index (κ1) is 19.4. The van der Waals surface area contributed by atoms with Crippen molar-refractivity contribution in [3.63, 3.8) is 0 Å². The molecule has 0 saturated heterocycles. The van der Waals surface area contributed by atoms with Gasteiger partial charge in [-0.1, -0.05) is 6.07 Å². The molecule has 0 radical (unpaired) electrons. The Balaban J connectivity index is 1.29. The van der Waals surface area contributed by atoms with E-state index in [1.807, 2.05) is 16.0 Å². The molecule has 0 bridgehead atoms. The number of amides is 2. The molecule has 2 aromatic heterocycles. The number of hydrogen-bond donors (Lipinski definition) is 2. The van der Waals surface area contributed by atoms with Crippen LogP contribution in [0, 0.1) is 5.82 Å². The quantitative estimate of drug-likeness (QED) is 0.476. The summed E-state index contributed by atoms with van der Waals surface area (Å²) >= 11 is 1.44. The summed E-state index contributed by atoms with van der Waals surface area (Å²) in [6.45, 7) is 0. The Labute approximate surface area is 181 Å². The van der Waals surface area contributed by atoms with Gasteiger partial charge in [-0.25, -0.2) is 9.37 Å². The number of carbonyl (C=O) groups is 2. The van der Waals surface area contributed by atoms with Gasteiger partial charge in [-0.2, -0.15) is 0 Å².